The van der Waals surface area contributed by atoms with Crippen LogP contribution in [0.15, 0.2) is 24.3 Å². The Labute approximate surface area is 116 Å². The third-order valence-electron chi connectivity index (χ3n) is 4.21. The van der Waals surface area contributed by atoms with Crippen molar-refractivity contribution in [1.82, 2.24) is 4.90 Å². The monoisotopic (exact) mass is 262 g/mol. The molecule has 2 N–H and O–H groups in total. The van der Waals surface area contributed by atoms with Gasteiger partial charge >= 0.3 is 0 Å². The van der Waals surface area contributed by atoms with Gasteiger partial charge in [0.2, 0.25) is 0 Å². The van der Waals surface area contributed by atoms with Crippen molar-refractivity contribution in [1.29, 1.82) is 0 Å². The molecule has 19 heavy (non-hydrogen) atoms. The van der Waals surface area contributed by atoms with Gasteiger partial charge in [-0.1, -0.05) is 25.1 Å². The minimum atomic E-state index is 0.178. The molecule has 3 nitrogen and oxygen atoms in total. The molecule has 2 unspecified atom stereocenters. The fourth-order valence-corrected chi connectivity index (χ4v) is 3.03. The Kier molecular flexibility index (Phi) is 5.23. The zero-order valence-electron chi connectivity index (χ0n) is 12.1. The average molecular weight is 262 g/mol. The second-order valence-corrected chi connectivity index (χ2v) is 5.39. The lowest BCUT2D eigenvalue weighted by Crippen LogP contribution is -2.41. The first kappa shape index (κ1) is 14.4. The number of benzene rings is 1. The third kappa shape index (κ3) is 3.48. The highest BCUT2D eigenvalue weighted by atomic mass is 16.5. The summed E-state index contributed by atoms with van der Waals surface area (Å²) in [6.45, 7) is 4.54. The lowest BCUT2D eigenvalue weighted by Gasteiger charge is -2.28. The molecule has 1 aliphatic rings. The Morgan fingerprint density at radius 1 is 1.26 bits per heavy atom. The molecule has 1 fully saturated rings. The summed E-state index contributed by atoms with van der Waals surface area (Å²) in [7, 11) is 1.74. The zero-order valence-corrected chi connectivity index (χ0v) is 12.1. The molecule has 2 atom stereocenters. The smallest absolute Gasteiger partial charge is 0.122 e. The molecule has 1 aliphatic heterocycles. The van der Waals surface area contributed by atoms with Gasteiger partial charge in [0.1, 0.15) is 5.75 Å². The summed E-state index contributed by atoms with van der Waals surface area (Å²) in [6, 6.07) is 8.32. The maximum Gasteiger partial charge on any atom is 0.122 e. The fraction of sp³-hybridized carbons (Fsp3) is 0.625. The van der Waals surface area contributed by atoms with Crippen molar-refractivity contribution < 1.29 is 4.74 Å². The summed E-state index contributed by atoms with van der Waals surface area (Å²) in [6.07, 6.45) is 4.87. The van der Waals surface area contributed by atoms with Gasteiger partial charge in [-0.15, -0.1) is 0 Å². The quantitative estimate of drug-likeness (QED) is 0.856. The van der Waals surface area contributed by atoms with Crippen molar-refractivity contribution in [3.05, 3.63) is 29.8 Å². The Morgan fingerprint density at radius 2 is 1.95 bits per heavy atom. The highest BCUT2D eigenvalue weighted by Crippen LogP contribution is 2.32. The van der Waals surface area contributed by atoms with E-state index in [2.05, 4.69) is 24.0 Å². The topological polar surface area (TPSA) is 38.5 Å². The van der Waals surface area contributed by atoms with E-state index in [1.807, 2.05) is 12.1 Å². The number of nitrogens with zero attached hydrogens (tertiary/aromatic N) is 1. The predicted molar refractivity (Wildman–Crippen MR) is 79.4 cm³/mol. The molecule has 1 aromatic carbocycles. The van der Waals surface area contributed by atoms with E-state index in [9.17, 15) is 0 Å². The van der Waals surface area contributed by atoms with Crippen LogP contribution in [0.4, 0.5) is 0 Å². The van der Waals surface area contributed by atoms with Crippen molar-refractivity contribution >= 4 is 0 Å². The molecule has 0 amide bonds. The highest BCUT2D eigenvalue weighted by molar-refractivity contribution is 5.36. The van der Waals surface area contributed by atoms with Crippen LogP contribution >= 0.6 is 0 Å². The van der Waals surface area contributed by atoms with E-state index in [1.165, 1.54) is 18.4 Å². The van der Waals surface area contributed by atoms with Crippen LogP contribution < -0.4 is 10.5 Å². The average Bonchev–Trinajstić information content (AvgIpc) is 2.98. The summed E-state index contributed by atoms with van der Waals surface area (Å²) in [5, 5.41) is 0. The zero-order chi connectivity index (χ0) is 13.7. The molecule has 0 aromatic heterocycles. The normalized spacial score (nSPS) is 19.3. The maximum atomic E-state index is 6.37. The molecule has 0 saturated carbocycles. The molecule has 2 rings (SSSR count). The van der Waals surface area contributed by atoms with Crippen LogP contribution in [-0.4, -0.2) is 31.3 Å². The molecular formula is C16H26N2O. The predicted octanol–water partition coefficient (Wildman–Crippen LogP) is 2.96. The second-order valence-electron chi connectivity index (χ2n) is 5.39. The maximum absolute atomic E-state index is 6.37. The number of likely N-dealkylation sites (tertiary alicyclic amines) is 1. The molecule has 1 heterocycles. The molecule has 1 aromatic rings. The van der Waals surface area contributed by atoms with E-state index in [4.69, 9.17) is 10.5 Å². The Balaban J connectivity index is 2.06. The van der Waals surface area contributed by atoms with Gasteiger partial charge in [0, 0.05) is 0 Å². The SMILES string of the molecule is CCC(CC(N)N1CCCC1)c1ccccc1OC. The van der Waals surface area contributed by atoms with E-state index < -0.39 is 0 Å². The molecule has 0 aliphatic carbocycles. The summed E-state index contributed by atoms with van der Waals surface area (Å²) >= 11 is 0. The number of methoxy groups -OCH3 is 1. The van der Waals surface area contributed by atoms with Gasteiger partial charge in [-0.25, -0.2) is 0 Å². The number of ether oxygens (including phenoxy) is 1. The molecular weight excluding hydrogens is 236 g/mol. The van der Waals surface area contributed by atoms with Crippen LogP contribution in [0.3, 0.4) is 0 Å². The highest BCUT2D eigenvalue weighted by Gasteiger charge is 2.23. The summed E-state index contributed by atoms with van der Waals surface area (Å²) in [5.74, 6) is 1.47. The number of hydrogen-bond acceptors (Lipinski definition) is 3. The number of hydrogen-bond donors (Lipinski definition) is 1. The summed E-state index contributed by atoms with van der Waals surface area (Å²) in [5.41, 5.74) is 7.66. The van der Waals surface area contributed by atoms with Crippen LogP contribution in [-0.2, 0) is 0 Å². The summed E-state index contributed by atoms with van der Waals surface area (Å²) < 4.78 is 5.48. The Bertz CT molecular complexity index is 388. The molecule has 0 spiro atoms. The number of nitrogens with two attached hydrogens (primary N) is 1. The minimum Gasteiger partial charge on any atom is -0.496 e. The van der Waals surface area contributed by atoms with Gasteiger partial charge in [0.05, 0.1) is 13.3 Å². The minimum absolute atomic E-state index is 0.178. The van der Waals surface area contributed by atoms with E-state index in [1.54, 1.807) is 7.11 Å². The van der Waals surface area contributed by atoms with Gasteiger partial charge in [-0.3, -0.25) is 4.90 Å². The molecule has 0 bridgehead atoms. The van der Waals surface area contributed by atoms with Crippen LogP contribution in [0, 0.1) is 0 Å². The van der Waals surface area contributed by atoms with E-state index >= 15 is 0 Å². The van der Waals surface area contributed by atoms with E-state index in [0.717, 1.165) is 31.7 Å². The van der Waals surface area contributed by atoms with Crippen molar-refractivity contribution in [3.8, 4) is 5.75 Å². The largest absolute Gasteiger partial charge is 0.496 e. The van der Waals surface area contributed by atoms with Crippen molar-refractivity contribution in [2.75, 3.05) is 20.2 Å². The van der Waals surface area contributed by atoms with Crippen molar-refractivity contribution in [2.45, 2.75) is 44.7 Å². The van der Waals surface area contributed by atoms with Crippen LogP contribution in [0.5, 0.6) is 5.75 Å². The lowest BCUT2D eigenvalue weighted by atomic mass is 9.91. The van der Waals surface area contributed by atoms with Crippen LogP contribution in [0.25, 0.3) is 0 Å². The fourth-order valence-electron chi connectivity index (χ4n) is 3.03. The first-order chi connectivity index (χ1) is 9.26. The van der Waals surface area contributed by atoms with E-state index in [-0.39, 0.29) is 6.17 Å². The molecule has 1 saturated heterocycles. The summed E-state index contributed by atoms with van der Waals surface area (Å²) in [4.78, 5) is 2.41. The number of para-hydroxylation sites is 1. The third-order valence-corrected chi connectivity index (χ3v) is 4.21. The molecule has 106 valence electrons. The van der Waals surface area contributed by atoms with Crippen LogP contribution in [0.2, 0.25) is 0 Å². The first-order valence-corrected chi connectivity index (χ1v) is 7.38. The van der Waals surface area contributed by atoms with Gasteiger partial charge in [-0.05, 0) is 56.3 Å². The lowest BCUT2D eigenvalue weighted by molar-refractivity contribution is 0.222. The van der Waals surface area contributed by atoms with E-state index in [0.29, 0.717) is 5.92 Å². The second kappa shape index (κ2) is 6.92. The first-order valence-electron chi connectivity index (χ1n) is 7.38. The molecule has 0 radical (unpaired) electrons. The number of rotatable bonds is 6. The van der Waals surface area contributed by atoms with Gasteiger partial charge in [0.25, 0.3) is 0 Å². The standard InChI is InChI=1S/C16H26N2O/c1-3-13(12-16(17)18-10-6-7-11-18)14-8-4-5-9-15(14)19-2/h4-5,8-9,13,16H,3,6-7,10-12,17H2,1-2H3. The van der Waals surface area contributed by atoms with Crippen molar-refractivity contribution in [2.24, 2.45) is 5.73 Å². The van der Waals surface area contributed by atoms with Crippen LogP contribution in [0.1, 0.15) is 44.1 Å². The molecule has 3 heteroatoms. The van der Waals surface area contributed by atoms with Crippen molar-refractivity contribution in [3.63, 3.8) is 0 Å². The van der Waals surface area contributed by atoms with Gasteiger partial charge in [-0.2, -0.15) is 0 Å². The van der Waals surface area contributed by atoms with Gasteiger partial charge < -0.3 is 10.5 Å². The Morgan fingerprint density at radius 3 is 2.58 bits per heavy atom. The van der Waals surface area contributed by atoms with Gasteiger partial charge in [0.15, 0.2) is 0 Å². The Hall–Kier alpha value is -1.06.